The molecule has 19 heavy (non-hydrogen) atoms. The van der Waals surface area contributed by atoms with Gasteiger partial charge < -0.3 is 10.6 Å². The van der Waals surface area contributed by atoms with Crippen molar-refractivity contribution in [2.24, 2.45) is 5.92 Å². The molecule has 2 N–H and O–H groups in total. The Hall–Kier alpha value is -0.610. The van der Waals surface area contributed by atoms with E-state index < -0.39 is 0 Å². The summed E-state index contributed by atoms with van der Waals surface area (Å²) in [5, 5.41) is 6.60. The fraction of sp³-hybridized carbons (Fsp3) is 0.933. The maximum atomic E-state index is 12.0. The molecule has 4 heteroatoms. The van der Waals surface area contributed by atoms with Gasteiger partial charge in [0.05, 0.1) is 6.54 Å². The lowest BCUT2D eigenvalue weighted by Gasteiger charge is -2.38. The molecule has 0 aromatic rings. The number of nitrogens with one attached hydrogen (secondary N) is 2. The minimum atomic E-state index is 0.227. The number of amides is 1. The molecule has 4 nitrogen and oxygen atoms in total. The summed E-state index contributed by atoms with van der Waals surface area (Å²) in [4.78, 5) is 14.4. The second-order valence-electron chi connectivity index (χ2n) is 6.14. The molecule has 2 rings (SSSR count). The summed E-state index contributed by atoms with van der Waals surface area (Å²) >= 11 is 0. The zero-order valence-electron chi connectivity index (χ0n) is 12.5. The lowest BCUT2D eigenvalue weighted by Crippen LogP contribution is -2.51. The summed E-state index contributed by atoms with van der Waals surface area (Å²) in [6.45, 7) is 4.93. The molecule has 2 atom stereocenters. The van der Waals surface area contributed by atoms with Gasteiger partial charge in [-0.15, -0.1) is 0 Å². The summed E-state index contributed by atoms with van der Waals surface area (Å²) in [6.07, 6.45) is 7.24. The summed E-state index contributed by atoms with van der Waals surface area (Å²) in [5.41, 5.74) is 0. The maximum Gasteiger partial charge on any atom is 0.234 e. The summed E-state index contributed by atoms with van der Waals surface area (Å²) in [5.74, 6) is 0.905. The predicted octanol–water partition coefficient (Wildman–Crippen LogP) is 1.37. The molecule has 0 aromatic carbocycles. The second-order valence-corrected chi connectivity index (χ2v) is 6.14. The van der Waals surface area contributed by atoms with E-state index in [-0.39, 0.29) is 5.91 Å². The minimum absolute atomic E-state index is 0.227. The van der Waals surface area contributed by atoms with Gasteiger partial charge in [-0.3, -0.25) is 9.69 Å². The van der Waals surface area contributed by atoms with E-state index in [1.807, 2.05) is 0 Å². The van der Waals surface area contributed by atoms with E-state index in [4.69, 9.17) is 0 Å². The molecule has 0 aromatic heterocycles. The number of rotatable bonds is 5. The van der Waals surface area contributed by atoms with E-state index in [2.05, 4.69) is 29.5 Å². The molecule has 2 aliphatic rings. The van der Waals surface area contributed by atoms with Gasteiger partial charge in [0.2, 0.25) is 5.91 Å². The molecule has 1 amide bonds. The van der Waals surface area contributed by atoms with Crippen LogP contribution >= 0.6 is 0 Å². The lowest BCUT2D eigenvalue weighted by atomic mass is 9.90. The molecule has 2 unspecified atom stereocenters. The van der Waals surface area contributed by atoms with Crippen molar-refractivity contribution in [3.63, 3.8) is 0 Å². The fourth-order valence-electron chi connectivity index (χ4n) is 3.59. The first kappa shape index (κ1) is 14.8. The number of likely N-dealkylation sites (tertiary alicyclic amines) is 1. The minimum Gasteiger partial charge on any atom is -0.352 e. The van der Waals surface area contributed by atoms with Crippen LogP contribution in [0.25, 0.3) is 0 Å². The first-order valence-electron chi connectivity index (χ1n) is 7.92. The van der Waals surface area contributed by atoms with Crippen molar-refractivity contribution >= 4 is 5.91 Å². The highest BCUT2D eigenvalue weighted by atomic mass is 16.2. The molecule has 0 radical (unpaired) electrons. The third kappa shape index (κ3) is 4.18. The Bertz CT molecular complexity index is 289. The standard InChI is InChI=1S/C15H29N3O/c1-3-12-10-18(9-8-14(12)16-2)11-15(19)17-13-6-4-5-7-13/h12-14,16H,3-11H2,1-2H3,(H,17,19). The van der Waals surface area contributed by atoms with Crippen LogP contribution in [-0.4, -0.2) is 49.6 Å². The number of nitrogens with zero attached hydrogens (tertiary/aromatic N) is 1. The highest BCUT2D eigenvalue weighted by molar-refractivity contribution is 5.78. The molecular weight excluding hydrogens is 238 g/mol. The lowest BCUT2D eigenvalue weighted by molar-refractivity contribution is -0.123. The van der Waals surface area contributed by atoms with Crippen molar-refractivity contribution in [3.05, 3.63) is 0 Å². The van der Waals surface area contributed by atoms with Crippen molar-refractivity contribution in [2.45, 2.75) is 57.5 Å². The average Bonchev–Trinajstić information content (AvgIpc) is 2.91. The average molecular weight is 267 g/mol. The van der Waals surface area contributed by atoms with Gasteiger partial charge >= 0.3 is 0 Å². The van der Waals surface area contributed by atoms with Crippen LogP contribution in [0.4, 0.5) is 0 Å². The van der Waals surface area contributed by atoms with Crippen LogP contribution in [0.2, 0.25) is 0 Å². The number of piperidine rings is 1. The van der Waals surface area contributed by atoms with Gasteiger partial charge in [0.25, 0.3) is 0 Å². The van der Waals surface area contributed by atoms with Crippen LogP contribution in [0.3, 0.4) is 0 Å². The van der Waals surface area contributed by atoms with Crippen LogP contribution < -0.4 is 10.6 Å². The zero-order valence-corrected chi connectivity index (χ0v) is 12.5. The first-order valence-corrected chi connectivity index (χ1v) is 7.92. The Balaban J connectivity index is 1.74. The Morgan fingerprint density at radius 2 is 2.00 bits per heavy atom. The van der Waals surface area contributed by atoms with E-state index in [0.717, 1.165) is 19.5 Å². The van der Waals surface area contributed by atoms with Gasteiger partial charge in [-0.2, -0.15) is 0 Å². The van der Waals surface area contributed by atoms with Crippen LogP contribution in [-0.2, 0) is 4.79 Å². The second kappa shape index (κ2) is 7.25. The zero-order chi connectivity index (χ0) is 13.7. The number of carbonyl (C=O) groups is 1. The third-order valence-corrected chi connectivity index (χ3v) is 4.80. The topological polar surface area (TPSA) is 44.4 Å². The van der Waals surface area contributed by atoms with Gasteiger partial charge in [-0.25, -0.2) is 0 Å². The van der Waals surface area contributed by atoms with Gasteiger partial charge in [-0.05, 0) is 32.2 Å². The quantitative estimate of drug-likeness (QED) is 0.790. The molecule has 1 saturated heterocycles. The highest BCUT2D eigenvalue weighted by Crippen LogP contribution is 2.20. The van der Waals surface area contributed by atoms with Crippen molar-refractivity contribution in [2.75, 3.05) is 26.7 Å². The fourth-order valence-corrected chi connectivity index (χ4v) is 3.59. The Morgan fingerprint density at radius 1 is 1.26 bits per heavy atom. The molecule has 1 aliphatic carbocycles. The van der Waals surface area contributed by atoms with Crippen LogP contribution in [0.15, 0.2) is 0 Å². The Kier molecular flexibility index (Phi) is 5.64. The number of hydrogen-bond donors (Lipinski definition) is 2. The van der Waals surface area contributed by atoms with Gasteiger partial charge in [0.1, 0.15) is 0 Å². The molecule has 110 valence electrons. The highest BCUT2D eigenvalue weighted by Gasteiger charge is 2.28. The predicted molar refractivity (Wildman–Crippen MR) is 78.1 cm³/mol. The maximum absolute atomic E-state index is 12.0. The summed E-state index contributed by atoms with van der Waals surface area (Å²) < 4.78 is 0. The van der Waals surface area contributed by atoms with Crippen molar-refractivity contribution in [1.29, 1.82) is 0 Å². The van der Waals surface area contributed by atoms with E-state index >= 15 is 0 Å². The third-order valence-electron chi connectivity index (χ3n) is 4.80. The number of carbonyl (C=O) groups excluding carboxylic acids is 1. The van der Waals surface area contributed by atoms with Crippen LogP contribution in [0.1, 0.15) is 45.4 Å². The molecule has 1 heterocycles. The van der Waals surface area contributed by atoms with E-state index in [1.54, 1.807) is 0 Å². The molecule has 0 bridgehead atoms. The van der Waals surface area contributed by atoms with Crippen molar-refractivity contribution in [3.8, 4) is 0 Å². The van der Waals surface area contributed by atoms with Gasteiger partial charge in [-0.1, -0.05) is 26.2 Å². The van der Waals surface area contributed by atoms with Crippen molar-refractivity contribution < 1.29 is 4.79 Å². The van der Waals surface area contributed by atoms with E-state index in [1.165, 1.54) is 32.1 Å². The van der Waals surface area contributed by atoms with Gasteiger partial charge in [0.15, 0.2) is 0 Å². The largest absolute Gasteiger partial charge is 0.352 e. The van der Waals surface area contributed by atoms with Gasteiger partial charge in [0, 0.05) is 25.2 Å². The molecular formula is C15H29N3O. The SMILES string of the molecule is CCC1CN(CC(=O)NC2CCCC2)CCC1NC. The monoisotopic (exact) mass is 267 g/mol. The Labute approximate surface area is 117 Å². The first-order chi connectivity index (χ1) is 9.22. The van der Waals surface area contributed by atoms with Crippen LogP contribution in [0.5, 0.6) is 0 Å². The molecule has 0 spiro atoms. The smallest absolute Gasteiger partial charge is 0.234 e. The van der Waals surface area contributed by atoms with Crippen molar-refractivity contribution in [1.82, 2.24) is 15.5 Å². The van der Waals surface area contributed by atoms with E-state index in [9.17, 15) is 4.79 Å². The summed E-state index contributed by atoms with van der Waals surface area (Å²) in [7, 11) is 2.05. The van der Waals surface area contributed by atoms with E-state index in [0.29, 0.717) is 24.5 Å². The normalized spacial score (nSPS) is 29.6. The molecule has 1 aliphatic heterocycles. The molecule has 2 fully saturated rings. The number of hydrogen-bond acceptors (Lipinski definition) is 3. The van der Waals surface area contributed by atoms with Crippen LogP contribution in [0, 0.1) is 5.92 Å². The summed E-state index contributed by atoms with van der Waals surface area (Å²) in [6, 6.07) is 1.07. The molecule has 1 saturated carbocycles. The Morgan fingerprint density at radius 3 is 2.63 bits per heavy atom.